The van der Waals surface area contributed by atoms with Gasteiger partial charge in [-0.3, -0.25) is 0 Å². The summed E-state index contributed by atoms with van der Waals surface area (Å²) in [5.74, 6) is 0. The number of carbonyl (C=O) groups is 1. The predicted molar refractivity (Wildman–Crippen MR) is 86.7 cm³/mol. The topological polar surface area (TPSA) is 41.1 Å². The summed E-state index contributed by atoms with van der Waals surface area (Å²) in [6.07, 6.45) is 0. The number of carbonyl (C=O) groups excluding carboxylic acids is 1. The van der Waals surface area contributed by atoms with Gasteiger partial charge in [0, 0.05) is 16.6 Å². The monoisotopic (exact) mass is 322 g/mol. The molecular weight excluding hydrogens is 307 g/mol. The second kappa shape index (κ2) is 7.34. The number of nitrogens with one attached hydrogen (secondary N) is 2. The Labute approximate surface area is 134 Å². The molecule has 1 atom stereocenters. The van der Waals surface area contributed by atoms with Gasteiger partial charge in [-0.25, -0.2) is 4.79 Å². The molecule has 2 N–H and O–H groups in total. The third-order valence-corrected chi connectivity index (χ3v) is 3.74. The normalized spacial score (nSPS) is 11.8. The van der Waals surface area contributed by atoms with Crippen LogP contribution in [0.1, 0.15) is 24.1 Å². The number of amides is 2. The Morgan fingerprint density at radius 3 is 2.43 bits per heavy atom. The van der Waals surface area contributed by atoms with Crippen molar-refractivity contribution in [2.75, 3.05) is 0 Å². The number of hydrogen-bond acceptors (Lipinski definition) is 1. The van der Waals surface area contributed by atoms with Gasteiger partial charge in [0.15, 0.2) is 0 Å². The van der Waals surface area contributed by atoms with Gasteiger partial charge < -0.3 is 10.6 Å². The Hall–Kier alpha value is -1.71. The maximum Gasteiger partial charge on any atom is 0.315 e. The van der Waals surface area contributed by atoms with Gasteiger partial charge in [0.2, 0.25) is 0 Å². The van der Waals surface area contributed by atoms with Gasteiger partial charge in [0.05, 0.1) is 6.04 Å². The molecule has 0 aliphatic rings. The summed E-state index contributed by atoms with van der Waals surface area (Å²) < 4.78 is 0. The molecule has 0 spiro atoms. The molecule has 2 rings (SSSR count). The second-order valence-corrected chi connectivity index (χ2v) is 5.54. The summed E-state index contributed by atoms with van der Waals surface area (Å²) in [6.45, 7) is 2.30. The van der Waals surface area contributed by atoms with Crippen LogP contribution in [0.5, 0.6) is 0 Å². The predicted octanol–water partition coefficient (Wildman–Crippen LogP) is 4.55. The molecule has 0 saturated heterocycles. The van der Waals surface area contributed by atoms with Crippen molar-refractivity contribution < 1.29 is 4.79 Å². The van der Waals surface area contributed by atoms with Gasteiger partial charge >= 0.3 is 6.03 Å². The van der Waals surface area contributed by atoms with Crippen LogP contribution in [0.2, 0.25) is 10.0 Å². The molecule has 110 valence electrons. The van der Waals surface area contributed by atoms with Crippen LogP contribution in [-0.4, -0.2) is 6.03 Å². The van der Waals surface area contributed by atoms with Crippen molar-refractivity contribution in [3.63, 3.8) is 0 Å². The molecule has 0 heterocycles. The van der Waals surface area contributed by atoms with E-state index >= 15 is 0 Å². The Balaban J connectivity index is 1.87. The highest BCUT2D eigenvalue weighted by molar-refractivity contribution is 6.31. The van der Waals surface area contributed by atoms with Gasteiger partial charge in [-0.2, -0.15) is 0 Å². The summed E-state index contributed by atoms with van der Waals surface area (Å²) in [7, 11) is 0. The Bertz CT molecular complexity index is 614. The lowest BCUT2D eigenvalue weighted by Crippen LogP contribution is -2.36. The molecule has 2 amide bonds. The Morgan fingerprint density at radius 2 is 1.76 bits per heavy atom. The lowest BCUT2D eigenvalue weighted by molar-refractivity contribution is 0.237. The molecule has 3 nitrogen and oxygen atoms in total. The maximum atomic E-state index is 11.9. The largest absolute Gasteiger partial charge is 0.334 e. The first-order valence-electron chi connectivity index (χ1n) is 6.59. The first kappa shape index (κ1) is 15.7. The minimum absolute atomic E-state index is 0.103. The van der Waals surface area contributed by atoms with E-state index in [2.05, 4.69) is 10.6 Å². The van der Waals surface area contributed by atoms with Crippen molar-refractivity contribution in [2.45, 2.75) is 19.5 Å². The Morgan fingerprint density at radius 1 is 1.10 bits per heavy atom. The number of rotatable bonds is 4. The van der Waals surface area contributed by atoms with Gasteiger partial charge in [-0.05, 0) is 36.2 Å². The van der Waals surface area contributed by atoms with E-state index in [1.165, 1.54) is 0 Å². The molecule has 2 aromatic carbocycles. The third kappa shape index (κ3) is 4.66. The highest BCUT2D eigenvalue weighted by Gasteiger charge is 2.09. The van der Waals surface area contributed by atoms with E-state index in [0.29, 0.717) is 16.6 Å². The van der Waals surface area contributed by atoms with Gasteiger partial charge in [0.25, 0.3) is 0 Å². The fourth-order valence-corrected chi connectivity index (χ4v) is 2.23. The molecule has 21 heavy (non-hydrogen) atoms. The first-order valence-corrected chi connectivity index (χ1v) is 7.35. The molecule has 0 bridgehead atoms. The van der Waals surface area contributed by atoms with Gasteiger partial charge in [-0.1, -0.05) is 53.5 Å². The van der Waals surface area contributed by atoms with E-state index in [4.69, 9.17) is 23.2 Å². The number of urea groups is 1. The van der Waals surface area contributed by atoms with E-state index in [0.717, 1.165) is 11.1 Å². The van der Waals surface area contributed by atoms with Gasteiger partial charge in [-0.15, -0.1) is 0 Å². The van der Waals surface area contributed by atoms with Crippen LogP contribution >= 0.6 is 23.2 Å². The maximum absolute atomic E-state index is 11.9. The zero-order valence-electron chi connectivity index (χ0n) is 11.6. The van der Waals surface area contributed by atoms with E-state index in [1.54, 1.807) is 18.2 Å². The third-order valence-electron chi connectivity index (χ3n) is 3.11. The molecule has 0 saturated carbocycles. The highest BCUT2D eigenvalue weighted by Crippen LogP contribution is 2.16. The summed E-state index contributed by atoms with van der Waals surface area (Å²) in [5, 5.41) is 6.98. The number of benzene rings is 2. The molecular formula is C16H16Cl2N2O. The van der Waals surface area contributed by atoms with Crippen molar-refractivity contribution in [1.82, 2.24) is 10.6 Å². The van der Waals surface area contributed by atoms with Crippen LogP contribution in [0.15, 0.2) is 48.5 Å². The zero-order valence-corrected chi connectivity index (χ0v) is 13.1. The first-order chi connectivity index (χ1) is 10.1. The van der Waals surface area contributed by atoms with E-state index in [1.807, 2.05) is 37.3 Å². The molecule has 0 fully saturated rings. The second-order valence-electron chi connectivity index (χ2n) is 4.69. The SMILES string of the molecule is C[C@@H](NC(=O)NCc1ccccc1Cl)c1ccc(Cl)cc1. The van der Waals surface area contributed by atoms with Gasteiger partial charge in [0.1, 0.15) is 0 Å². The summed E-state index contributed by atoms with van der Waals surface area (Å²) in [5.41, 5.74) is 1.88. The van der Waals surface area contributed by atoms with Crippen molar-refractivity contribution in [3.05, 3.63) is 69.7 Å². The van der Waals surface area contributed by atoms with Crippen LogP contribution in [0, 0.1) is 0 Å². The fourth-order valence-electron chi connectivity index (χ4n) is 1.90. The van der Waals surface area contributed by atoms with Crippen molar-refractivity contribution in [1.29, 1.82) is 0 Å². The average molecular weight is 323 g/mol. The fraction of sp³-hybridized carbons (Fsp3) is 0.188. The average Bonchev–Trinajstić information content (AvgIpc) is 2.47. The Kier molecular flexibility index (Phi) is 5.48. The molecule has 5 heteroatoms. The van der Waals surface area contributed by atoms with E-state index in [-0.39, 0.29) is 12.1 Å². The number of hydrogen-bond donors (Lipinski definition) is 2. The lowest BCUT2D eigenvalue weighted by Gasteiger charge is -2.15. The van der Waals surface area contributed by atoms with Crippen molar-refractivity contribution in [3.8, 4) is 0 Å². The summed E-state index contributed by atoms with van der Waals surface area (Å²) >= 11 is 11.9. The van der Waals surface area contributed by atoms with Crippen LogP contribution in [0.3, 0.4) is 0 Å². The van der Waals surface area contributed by atoms with E-state index < -0.39 is 0 Å². The smallest absolute Gasteiger partial charge is 0.315 e. The summed E-state index contributed by atoms with van der Waals surface area (Å²) in [4.78, 5) is 11.9. The molecule has 0 aromatic heterocycles. The van der Waals surface area contributed by atoms with Crippen molar-refractivity contribution in [2.24, 2.45) is 0 Å². The minimum atomic E-state index is -0.239. The molecule has 0 unspecified atom stereocenters. The quantitative estimate of drug-likeness (QED) is 0.851. The van der Waals surface area contributed by atoms with Crippen LogP contribution < -0.4 is 10.6 Å². The van der Waals surface area contributed by atoms with E-state index in [9.17, 15) is 4.79 Å². The minimum Gasteiger partial charge on any atom is -0.334 e. The molecule has 2 aromatic rings. The highest BCUT2D eigenvalue weighted by atomic mass is 35.5. The van der Waals surface area contributed by atoms with Crippen LogP contribution in [0.4, 0.5) is 4.79 Å². The molecule has 0 aliphatic carbocycles. The standard InChI is InChI=1S/C16H16Cl2N2O/c1-11(12-6-8-14(17)9-7-12)20-16(21)19-10-13-4-2-3-5-15(13)18/h2-9,11H,10H2,1H3,(H2,19,20,21)/t11-/m1/s1. The summed E-state index contributed by atoms with van der Waals surface area (Å²) in [6, 6.07) is 14.5. The molecule has 0 aliphatic heterocycles. The van der Waals surface area contributed by atoms with Crippen LogP contribution in [0.25, 0.3) is 0 Å². The zero-order chi connectivity index (χ0) is 15.2. The lowest BCUT2D eigenvalue weighted by atomic mass is 10.1. The molecule has 0 radical (unpaired) electrons. The van der Waals surface area contributed by atoms with Crippen LogP contribution in [-0.2, 0) is 6.54 Å². The van der Waals surface area contributed by atoms with Crippen molar-refractivity contribution >= 4 is 29.2 Å². The number of halogens is 2.